The second kappa shape index (κ2) is 7.75. The molecule has 0 spiro atoms. The van der Waals surface area contributed by atoms with Crippen LogP contribution in [0.5, 0.6) is 0 Å². The summed E-state index contributed by atoms with van der Waals surface area (Å²) in [6.07, 6.45) is 3.52. The first kappa shape index (κ1) is 16.9. The van der Waals surface area contributed by atoms with Crippen LogP contribution < -0.4 is 0 Å². The molecule has 4 atom stereocenters. The number of hydrogen-bond donors (Lipinski definition) is 1. The molecular weight excluding hydrogens is 290 g/mol. The average molecular weight is 319 g/mol. The summed E-state index contributed by atoms with van der Waals surface area (Å²) in [5, 5.41) is 10.3. The molecule has 1 aliphatic heterocycles. The predicted molar refractivity (Wildman–Crippen MR) is 90.5 cm³/mol. The van der Waals surface area contributed by atoms with Gasteiger partial charge in [-0.25, -0.2) is 0 Å². The van der Waals surface area contributed by atoms with Gasteiger partial charge < -0.3 is 14.6 Å². The number of benzene rings is 1. The Labute approximate surface area is 139 Å². The molecule has 1 saturated heterocycles. The lowest BCUT2D eigenvalue weighted by Gasteiger charge is -2.36. The van der Waals surface area contributed by atoms with E-state index in [9.17, 15) is 5.11 Å². The number of fused-ring (bicyclic) bond motifs is 1. The summed E-state index contributed by atoms with van der Waals surface area (Å²) < 4.78 is 11.8. The molecule has 1 aromatic rings. The fraction of sp³-hybridized carbons (Fsp3) is 0.684. The van der Waals surface area contributed by atoms with Crippen molar-refractivity contribution in [2.75, 3.05) is 26.2 Å². The Morgan fingerprint density at radius 2 is 2.00 bits per heavy atom. The molecule has 0 amide bonds. The summed E-state index contributed by atoms with van der Waals surface area (Å²) in [5.74, 6) is 0. The van der Waals surface area contributed by atoms with Crippen molar-refractivity contribution in [2.45, 2.75) is 57.5 Å². The van der Waals surface area contributed by atoms with Crippen LogP contribution in [0.1, 0.15) is 43.9 Å². The van der Waals surface area contributed by atoms with E-state index in [4.69, 9.17) is 9.47 Å². The number of hydrogen-bond acceptors (Lipinski definition) is 4. The van der Waals surface area contributed by atoms with Crippen LogP contribution in [-0.2, 0) is 15.9 Å². The molecule has 0 bridgehead atoms. The molecule has 4 heteroatoms. The lowest BCUT2D eigenvalue weighted by Crippen LogP contribution is -2.48. The zero-order chi connectivity index (χ0) is 16.2. The van der Waals surface area contributed by atoms with Crippen molar-refractivity contribution in [3.05, 3.63) is 35.4 Å². The highest BCUT2D eigenvalue weighted by molar-refractivity contribution is 5.31. The van der Waals surface area contributed by atoms with Gasteiger partial charge in [-0.3, -0.25) is 4.90 Å². The molecule has 1 aliphatic carbocycles. The largest absolute Gasteiger partial charge is 0.389 e. The Morgan fingerprint density at radius 1 is 1.26 bits per heavy atom. The summed E-state index contributed by atoms with van der Waals surface area (Å²) in [4.78, 5) is 2.28. The molecule has 1 N–H and O–H groups in total. The Balaban J connectivity index is 1.49. The number of rotatable bonds is 5. The van der Waals surface area contributed by atoms with Crippen LogP contribution in [0.3, 0.4) is 0 Å². The fourth-order valence-corrected chi connectivity index (χ4v) is 3.89. The van der Waals surface area contributed by atoms with E-state index in [1.54, 1.807) is 0 Å². The van der Waals surface area contributed by atoms with Crippen molar-refractivity contribution >= 4 is 0 Å². The highest BCUT2D eigenvalue weighted by Crippen LogP contribution is 2.32. The molecule has 2 aliphatic rings. The van der Waals surface area contributed by atoms with Crippen LogP contribution >= 0.6 is 0 Å². The fourth-order valence-electron chi connectivity index (χ4n) is 3.89. The number of aliphatic hydroxyl groups excluding tert-OH is 1. The predicted octanol–water partition coefficient (Wildman–Crippen LogP) is 2.55. The topological polar surface area (TPSA) is 41.9 Å². The minimum Gasteiger partial charge on any atom is -0.389 e. The Bertz CT molecular complexity index is 497. The van der Waals surface area contributed by atoms with Crippen LogP contribution in [0.2, 0.25) is 0 Å². The smallest absolute Gasteiger partial charge is 0.0900 e. The highest BCUT2D eigenvalue weighted by atomic mass is 16.5. The van der Waals surface area contributed by atoms with Gasteiger partial charge in [-0.2, -0.15) is 0 Å². The van der Waals surface area contributed by atoms with Gasteiger partial charge in [0, 0.05) is 19.6 Å². The number of nitrogens with zero attached hydrogens (tertiary/aromatic N) is 1. The summed E-state index contributed by atoms with van der Waals surface area (Å²) in [7, 11) is 0. The molecule has 0 aromatic heterocycles. The average Bonchev–Trinajstić information content (AvgIpc) is 2.52. The number of aryl methyl sites for hydroxylation is 1. The molecule has 128 valence electrons. The zero-order valence-corrected chi connectivity index (χ0v) is 14.3. The van der Waals surface area contributed by atoms with E-state index in [0.717, 1.165) is 32.4 Å². The maximum absolute atomic E-state index is 10.3. The molecule has 0 radical (unpaired) electrons. The quantitative estimate of drug-likeness (QED) is 0.906. The van der Waals surface area contributed by atoms with Crippen molar-refractivity contribution in [2.24, 2.45) is 0 Å². The molecule has 23 heavy (non-hydrogen) atoms. The van der Waals surface area contributed by atoms with Crippen LogP contribution in [-0.4, -0.2) is 54.6 Å². The van der Waals surface area contributed by atoms with E-state index < -0.39 is 6.10 Å². The first-order valence-corrected chi connectivity index (χ1v) is 8.87. The number of morpholine rings is 1. The van der Waals surface area contributed by atoms with E-state index in [1.807, 2.05) is 0 Å². The molecule has 1 aromatic carbocycles. The van der Waals surface area contributed by atoms with Gasteiger partial charge in [0.05, 0.1) is 31.0 Å². The van der Waals surface area contributed by atoms with E-state index in [2.05, 4.69) is 43.0 Å². The first-order chi connectivity index (χ1) is 11.1. The second-order valence-electron chi connectivity index (χ2n) is 7.04. The van der Waals surface area contributed by atoms with Gasteiger partial charge in [0.2, 0.25) is 0 Å². The van der Waals surface area contributed by atoms with Gasteiger partial charge in [-0.15, -0.1) is 0 Å². The molecule has 0 saturated carbocycles. The first-order valence-electron chi connectivity index (χ1n) is 8.87. The second-order valence-corrected chi connectivity index (χ2v) is 7.04. The van der Waals surface area contributed by atoms with E-state index in [0.29, 0.717) is 13.2 Å². The SMILES string of the molecule is CC1CN(CC(O)COC2CCCc3ccccc32)CC(C)O1. The third kappa shape index (κ3) is 4.54. The van der Waals surface area contributed by atoms with Crippen LogP contribution in [0.15, 0.2) is 24.3 Å². The minimum absolute atomic E-state index is 0.136. The third-order valence-electron chi connectivity index (χ3n) is 4.77. The van der Waals surface area contributed by atoms with Crippen molar-refractivity contribution in [3.63, 3.8) is 0 Å². The molecule has 1 fully saturated rings. The number of ether oxygens (including phenoxy) is 2. The van der Waals surface area contributed by atoms with Crippen LogP contribution in [0.4, 0.5) is 0 Å². The van der Waals surface area contributed by atoms with Gasteiger partial charge >= 0.3 is 0 Å². The molecular formula is C19H29NO3. The molecule has 1 heterocycles. The van der Waals surface area contributed by atoms with Crippen molar-refractivity contribution in [1.82, 2.24) is 4.90 Å². The van der Waals surface area contributed by atoms with Gasteiger partial charge in [0.15, 0.2) is 0 Å². The lowest BCUT2D eigenvalue weighted by molar-refractivity contribution is -0.0867. The maximum Gasteiger partial charge on any atom is 0.0900 e. The standard InChI is InChI=1S/C19H29NO3/c1-14-10-20(11-15(2)23-14)12-17(21)13-22-19-9-5-7-16-6-3-4-8-18(16)19/h3-4,6,8,14-15,17,19,21H,5,7,9-13H2,1-2H3. The highest BCUT2D eigenvalue weighted by Gasteiger charge is 2.25. The molecule has 4 unspecified atom stereocenters. The number of β-amino-alcohol motifs (C(OH)–C–C–N with tert-alkyl or cyclic N) is 1. The summed E-state index contributed by atoms with van der Waals surface area (Å²) >= 11 is 0. The van der Waals surface area contributed by atoms with Gasteiger partial charge in [0.1, 0.15) is 0 Å². The van der Waals surface area contributed by atoms with Crippen LogP contribution in [0.25, 0.3) is 0 Å². The van der Waals surface area contributed by atoms with Gasteiger partial charge in [-0.1, -0.05) is 24.3 Å². The minimum atomic E-state index is -0.443. The van der Waals surface area contributed by atoms with Crippen molar-refractivity contribution in [3.8, 4) is 0 Å². The summed E-state index contributed by atoms with van der Waals surface area (Å²) in [6, 6.07) is 8.53. The Hall–Kier alpha value is -0.940. The number of aliphatic hydroxyl groups is 1. The van der Waals surface area contributed by atoms with Crippen LogP contribution in [0, 0.1) is 0 Å². The Morgan fingerprint density at radius 3 is 2.78 bits per heavy atom. The summed E-state index contributed by atoms with van der Waals surface area (Å²) in [5.41, 5.74) is 2.70. The third-order valence-corrected chi connectivity index (χ3v) is 4.77. The summed E-state index contributed by atoms with van der Waals surface area (Å²) in [6.45, 7) is 7.00. The maximum atomic E-state index is 10.3. The van der Waals surface area contributed by atoms with Gasteiger partial charge in [0.25, 0.3) is 0 Å². The van der Waals surface area contributed by atoms with Crippen molar-refractivity contribution < 1.29 is 14.6 Å². The zero-order valence-electron chi connectivity index (χ0n) is 14.3. The van der Waals surface area contributed by atoms with E-state index in [-0.39, 0.29) is 18.3 Å². The van der Waals surface area contributed by atoms with Gasteiger partial charge in [-0.05, 0) is 44.2 Å². The monoisotopic (exact) mass is 319 g/mol. The van der Waals surface area contributed by atoms with Crippen molar-refractivity contribution in [1.29, 1.82) is 0 Å². The normalized spacial score (nSPS) is 30.0. The lowest BCUT2D eigenvalue weighted by atomic mass is 9.89. The molecule has 3 rings (SSSR count). The van der Waals surface area contributed by atoms with E-state index >= 15 is 0 Å². The van der Waals surface area contributed by atoms with E-state index in [1.165, 1.54) is 11.1 Å². The molecule has 4 nitrogen and oxygen atoms in total. The Kier molecular flexibility index (Phi) is 5.70.